The highest BCUT2D eigenvalue weighted by molar-refractivity contribution is 5.25. The molecular formula is C63H116O2. The molecule has 0 aromatic carbocycles. The first-order valence-electron chi connectivity index (χ1n) is 29.9. The number of fused-ring (bicyclic) bond motifs is 5. The van der Waals surface area contributed by atoms with E-state index in [1.807, 2.05) is 0 Å². The van der Waals surface area contributed by atoms with Crippen LogP contribution in [-0.4, -0.2) is 24.4 Å². The van der Waals surface area contributed by atoms with Gasteiger partial charge in [-0.2, -0.15) is 0 Å². The highest BCUT2D eigenvalue weighted by atomic mass is 16.5. The number of hydrogen-bond donors (Lipinski definition) is 1. The molecule has 2 heteroatoms. The van der Waals surface area contributed by atoms with E-state index in [1.165, 1.54) is 238 Å². The van der Waals surface area contributed by atoms with Gasteiger partial charge < -0.3 is 9.84 Å². The smallest absolute Gasteiger partial charge is 0.0577 e. The minimum absolute atomic E-state index is 0.0766. The summed E-state index contributed by atoms with van der Waals surface area (Å²) in [6.45, 7) is 19.1. The molecule has 3 fully saturated rings. The van der Waals surface area contributed by atoms with Crippen LogP contribution in [0.4, 0.5) is 0 Å². The topological polar surface area (TPSA) is 29.5 Å². The van der Waals surface area contributed by atoms with Gasteiger partial charge in [-0.05, 0) is 162 Å². The van der Waals surface area contributed by atoms with Crippen LogP contribution in [0.2, 0.25) is 0 Å². The van der Waals surface area contributed by atoms with Crippen LogP contribution in [0.25, 0.3) is 0 Å². The van der Waals surface area contributed by atoms with E-state index in [2.05, 4.69) is 78.8 Å². The summed E-state index contributed by atoms with van der Waals surface area (Å²) in [6.07, 6.45) is 65.3. The third-order valence-corrected chi connectivity index (χ3v) is 17.9. The van der Waals surface area contributed by atoms with E-state index in [0.29, 0.717) is 10.8 Å². The van der Waals surface area contributed by atoms with E-state index < -0.39 is 0 Å². The van der Waals surface area contributed by atoms with E-state index in [-0.39, 0.29) is 6.10 Å². The fraction of sp³-hybridized carbons (Fsp3) is 0.905. The van der Waals surface area contributed by atoms with Gasteiger partial charge in [0.15, 0.2) is 0 Å². The number of allylic oxidation sites excluding steroid dienone is 5. The highest BCUT2D eigenvalue weighted by Crippen LogP contribution is 2.67. The summed E-state index contributed by atoms with van der Waals surface area (Å²) in [5.74, 6) is 5.46. The fourth-order valence-corrected chi connectivity index (χ4v) is 13.7. The van der Waals surface area contributed by atoms with Crippen LogP contribution in [-0.2, 0) is 4.74 Å². The zero-order chi connectivity index (χ0) is 46.9. The summed E-state index contributed by atoms with van der Waals surface area (Å²) in [5, 5.41) is 10.2. The third kappa shape index (κ3) is 23.1. The maximum Gasteiger partial charge on any atom is 0.0577 e. The van der Waals surface area contributed by atoms with Crippen molar-refractivity contribution in [2.24, 2.45) is 46.3 Å². The molecule has 2 nitrogen and oxygen atoms in total. The van der Waals surface area contributed by atoms with Crippen molar-refractivity contribution in [2.45, 2.75) is 305 Å². The van der Waals surface area contributed by atoms with Crippen molar-refractivity contribution in [2.75, 3.05) is 13.2 Å². The molecule has 0 radical (unpaired) electrons. The van der Waals surface area contributed by atoms with Crippen molar-refractivity contribution in [1.29, 1.82) is 0 Å². The lowest BCUT2D eigenvalue weighted by atomic mass is 9.47. The Morgan fingerprint density at radius 1 is 0.554 bits per heavy atom. The lowest BCUT2D eigenvalue weighted by Crippen LogP contribution is -2.50. The lowest BCUT2D eigenvalue weighted by molar-refractivity contribution is -0.0573. The van der Waals surface area contributed by atoms with Crippen molar-refractivity contribution >= 4 is 0 Å². The first-order valence-corrected chi connectivity index (χ1v) is 29.9. The van der Waals surface area contributed by atoms with E-state index in [4.69, 9.17) is 4.74 Å². The van der Waals surface area contributed by atoms with Crippen molar-refractivity contribution in [3.8, 4) is 0 Å². The van der Waals surface area contributed by atoms with E-state index in [0.717, 1.165) is 61.6 Å². The maximum absolute atomic E-state index is 10.2. The second-order valence-corrected chi connectivity index (χ2v) is 23.7. The van der Waals surface area contributed by atoms with Crippen molar-refractivity contribution in [1.82, 2.24) is 0 Å². The fourth-order valence-electron chi connectivity index (χ4n) is 13.7. The molecule has 0 aromatic rings. The predicted molar refractivity (Wildman–Crippen MR) is 289 cm³/mol. The standard InChI is InChI=1S/C36H70O.C27H46O/c1-3-5-7-9-11-13-15-17-19-21-23-25-27-29-31-33-35-37-36-34-32-30-28-26-24-22-20-18-16-14-12-10-8-6-4-2;1-18(2)7-6-8-19(3)23-11-12-24-22-10-9-20-17-21(28)13-15-26(20,4)25(22)14-16-27(23,24)5/h17-20H,3-16,21-36H2,1-2H3;9,18-19,21-25,28H,6-8,10-17H2,1-5H3/b19-17-,20-18-;/t;19-,21+,22+,23-,24+,25+,26+,27-/m.1/s1. The molecular weight excluding hydrogens is 789 g/mol. The molecule has 0 bridgehead atoms. The molecule has 380 valence electrons. The van der Waals surface area contributed by atoms with Crippen molar-refractivity contribution in [3.05, 3.63) is 36.0 Å². The third-order valence-electron chi connectivity index (χ3n) is 17.9. The number of rotatable bonds is 37. The van der Waals surface area contributed by atoms with Crippen molar-refractivity contribution < 1.29 is 9.84 Å². The largest absolute Gasteiger partial charge is 0.393 e. The second kappa shape index (κ2) is 36.1. The Bertz CT molecular complexity index is 1170. The number of aliphatic hydroxyl groups is 1. The number of unbranched alkanes of at least 4 members (excludes halogenated alkanes) is 24. The summed E-state index contributed by atoms with van der Waals surface area (Å²) in [5.41, 5.74) is 2.60. The molecule has 0 aromatic heterocycles. The first-order chi connectivity index (χ1) is 31.7. The second-order valence-electron chi connectivity index (χ2n) is 23.7. The van der Waals surface area contributed by atoms with Crippen LogP contribution in [0.5, 0.6) is 0 Å². The molecule has 0 spiro atoms. The molecule has 0 amide bonds. The Hall–Kier alpha value is -0.860. The molecule has 4 aliphatic rings. The average Bonchev–Trinajstić information content (AvgIpc) is 3.65. The predicted octanol–water partition coefficient (Wildman–Crippen LogP) is 20.5. The van der Waals surface area contributed by atoms with Gasteiger partial charge in [-0.25, -0.2) is 0 Å². The van der Waals surface area contributed by atoms with Crippen LogP contribution in [0.3, 0.4) is 0 Å². The zero-order valence-electron chi connectivity index (χ0n) is 45.3. The Labute approximate surface area is 408 Å². The number of ether oxygens (including phenoxy) is 1. The lowest BCUT2D eigenvalue weighted by Gasteiger charge is -2.58. The number of hydrogen-bond acceptors (Lipinski definition) is 2. The summed E-state index contributed by atoms with van der Waals surface area (Å²) in [6, 6.07) is 0. The van der Waals surface area contributed by atoms with Crippen LogP contribution in [0.15, 0.2) is 36.0 Å². The summed E-state index contributed by atoms with van der Waals surface area (Å²) >= 11 is 0. The maximum atomic E-state index is 10.2. The monoisotopic (exact) mass is 905 g/mol. The molecule has 65 heavy (non-hydrogen) atoms. The van der Waals surface area contributed by atoms with Crippen LogP contribution in [0, 0.1) is 46.3 Å². The van der Waals surface area contributed by atoms with E-state index >= 15 is 0 Å². The van der Waals surface area contributed by atoms with Gasteiger partial charge >= 0.3 is 0 Å². The minimum Gasteiger partial charge on any atom is -0.393 e. The Morgan fingerprint density at radius 3 is 1.52 bits per heavy atom. The molecule has 8 atom stereocenters. The van der Waals surface area contributed by atoms with Crippen LogP contribution >= 0.6 is 0 Å². The van der Waals surface area contributed by atoms with E-state index in [9.17, 15) is 5.11 Å². The molecule has 4 aliphatic carbocycles. The minimum atomic E-state index is -0.0766. The summed E-state index contributed by atoms with van der Waals surface area (Å²) < 4.78 is 5.85. The Morgan fingerprint density at radius 2 is 1.03 bits per heavy atom. The summed E-state index contributed by atoms with van der Waals surface area (Å²) in [4.78, 5) is 0. The molecule has 4 rings (SSSR count). The summed E-state index contributed by atoms with van der Waals surface area (Å²) in [7, 11) is 0. The molecule has 0 heterocycles. The quantitative estimate of drug-likeness (QED) is 0.0497. The first kappa shape index (κ1) is 58.5. The van der Waals surface area contributed by atoms with Gasteiger partial charge in [0.25, 0.3) is 0 Å². The normalized spacial score (nSPS) is 26.8. The molecule has 1 N–H and O–H groups in total. The SMILES string of the molecule is CC(C)CCC[C@@H](C)[C@H]1CC[C@H]2[C@@H]3CC=C4C[C@@H](O)CC[C@]4(C)[C@H]3CC[C@]12C.CCCCCCCC/C=C\CCCCCCCCOCCCCCCCC/C=C\CCCCCCCC. The average molecular weight is 906 g/mol. The zero-order valence-corrected chi connectivity index (χ0v) is 45.3. The van der Waals surface area contributed by atoms with Gasteiger partial charge in [0.2, 0.25) is 0 Å². The molecule has 0 unspecified atom stereocenters. The molecule has 0 saturated heterocycles. The number of aliphatic hydroxyl groups excluding tert-OH is 1. The molecule has 3 saturated carbocycles. The van der Waals surface area contributed by atoms with Crippen molar-refractivity contribution in [3.63, 3.8) is 0 Å². The Kier molecular flexibility index (Phi) is 32.5. The van der Waals surface area contributed by atoms with Gasteiger partial charge in [-0.15, -0.1) is 0 Å². The van der Waals surface area contributed by atoms with Crippen LogP contribution < -0.4 is 0 Å². The molecule has 0 aliphatic heterocycles. The highest BCUT2D eigenvalue weighted by Gasteiger charge is 2.59. The van der Waals surface area contributed by atoms with Gasteiger partial charge in [0.1, 0.15) is 0 Å². The Balaban J connectivity index is 0.000000356. The van der Waals surface area contributed by atoms with Gasteiger partial charge in [-0.1, -0.05) is 219 Å². The van der Waals surface area contributed by atoms with Crippen LogP contribution in [0.1, 0.15) is 299 Å². The van der Waals surface area contributed by atoms with Gasteiger partial charge in [-0.3, -0.25) is 0 Å². The van der Waals surface area contributed by atoms with Gasteiger partial charge in [0.05, 0.1) is 6.10 Å². The van der Waals surface area contributed by atoms with E-state index in [1.54, 1.807) is 5.57 Å². The van der Waals surface area contributed by atoms with Gasteiger partial charge in [0, 0.05) is 13.2 Å².